The molecule has 2 unspecified atom stereocenters. The van der Waals surface area contributed by atoms with Crippen LogP contribution in [0, 0.1) is 11.6 Å². The first-order valence-corrected chi connectivity index (χ1v) is 20.3. The summed E-state index contributed by atoms with van der Waals surface area (Å²) in [6.45, 7) is 6.91. The lowest BCUT2D eigenvalue weighted by molar-refractivity contribution is 0.122. The molecule has 6 nitrogen and oxygen atoms in total. The Labute approximate surface area is 337 Å². The maximum Gasteiger partial charge on any atom is 0.183 e. The fourth-order valence-corrected chi connectivity index (χ4v) is 8.65. The van der Waals surface area contributed by atoms with Crippen molar-refractivity contribution >= 4 is 21.7 Å². The zero-order valence-corrected chi connectivity index (χ0v) is 33.8. The molecule has 56 heavy (non-hydrogen) atoms. The number of anilines is 1. The molecule has 1 aliphatic carbocycles. The van der Waals surface area contributed by atoms with Gasteiger partial charge in [-0.15, -0.1) is 10.2 Å². The highest BCUT2D eigenvalue weighted by molar-refractivity contribution is 9.10. The van der Waals surface area contributed by atoms with Crippen LogP contribution >= 0.6 is 15.9 Å². The fourth-order valence-electron chi connectivity index (χ4n) is 8.30. The van der Waals surface area contributed by atoms with E-state index in [2.05, 4.69) is 108 Å². The lowest BCUT2D eigenvalue weighted by Crippen LogP contribution is -2.51. The van der Waals surface area contributed by atoms with E-state index in [9.17, 15) is 13.9 Å². The van der Waals surface area contributed by atoms with Crippen LogP contribution in [0.4, 0.5) is 14.6 Å². The SMILES string of the molecule is CC(C)(C)c1cccc(C2(NCC(O)C(Cc3cc(F)cc(F)c3)Nc3nn(C(c4ccccc4)(c4ccccc4)c4ccccc4)nc3Br)CCCCC2)c1. The molecular formula is C47H50BrF2N5O. The van der Waals surface area contributed by atoms with Crippen molar-refractivity contribution in [1.82, 2.24) is 20.3 Å². The molecular weight excluding hydrogens is 768 g/mol. The average Bonchev–Trinajstić information content (AvgIpc) is 3.57. The van der Waals surface area contributed by atoms with E-state index in [-0.39, 0.29) is 23.9 Å². The number of rotatable bonds is 13. The number of aliphatic hydroxyl groups is 1. The van der Waals surface area contributed by atoms with E-state index in [1.54, 1.807) is 4.80 Å². The molecule has 0 spiro atoms. The predicted molar refractivity (Wildman–Crippen MR) is 224 cm³/mol. The fraction of sp³-hybridized carbons (Fsp3) is 0.319. The molecule has 3 N–H and O–H groups in total. The molecule has 0 saturated heterocycles. The van der Waals surface area contributed by atoms with E-state index < -0.39 is 29.3 Å². The molecule has 1 heterocycles. The standard InChI is InChI=1S/C47H50BrF2N5O/c1-45(2,3)37-23-16-24-38(30-37)46(25-14-7-15-26-46)51-32-42(56)41(29-33-27-39(49)31-40(50)28-33)52-44-43(48)53-55(54-44)47(34-17-8-4-9-18-34,35-19-10-5-11-20-35)36-21-12-6-13-22-36/h4-6,8-13,16-24,27-28,30-31,41-42,51,56H,7,14-15,25-26,29,32H2,1-3H3,(H,52,54). The molecule has 2 atom stereocenters. The van der Waals surface area contributed by atoms with Gasteiger partial charge >= 0.3 is 0 Å². The van der Waals surface area contributed by atoms with Crippen molar-refractivity contribution < 1.29 is 13.9 Å². The van der Waals surface area contributed by atoms with Gasteiger partial charge in [-0.3, -0.25) is 0 Å². The van der Waals surface area contributed by atoms with Gasteiger partial charge in [-0.25, -0.2) is 8.78 Å². The van der Waals surface area contributed by atoms with Crippen LogP contribution in [0.1, 0.15) is 86.3 Å². The Kier molecular flexibility index (Phi) is 11.9. The van der Waals surface area contributed by atoms with Crippen LogP contribution in [-0.2, 0) is 22.9 Å². The van der Waals surface area contributed by atoms with Crippen molar-refractivity contribution in [3.05, 3.63) is 183 Å². The van der Waals surface area contributed by atoms with Gasteiger partial charge < -0.3 is 15.7 Å². The van der Waals surface area contributed by atoms with Crippen LogP contribution in [0.5, 0.6) is 0 Å². The Morgan fingerprint density at radius 3 is 1.79 bits per heavy atom. The summed E-state index contributed by atoms with van der Waals surface area (Å²) >= 11 is 3.70. The zero-order chi connectivity index (χ0) is 39.3. The monoisotopic (exact) mass is 817 g/mol. The van der Waals surface area contributed by atoms with Gasteiger partial charge in [0, 0.05) is 18.2 Å². The number of hydrogen-bond donors (Lipinski definition) is 3. The smallest absolute Gasteiger partial charge is 0.183 e. The summed E-state index contributed by atoms with van der Waals surface area (Å²) in [5, 5.41) is 29.6. The van der Waals surface area contributed by atoms with Crippen LogP contribution in [0.15, 0.2) is 138 Å². The van der Waals surface area contributed by atoms with Crippen molar-refractivity contribution in [2.24, 2.45) is 0 Å². The molecule has 7 rings (SSSR count). The summed E-state index contributed by atoms with van der Waals surface area (Å²) in [7, 11) is 0. The highest BCUT2D eigenvalue weighted by Gasteiger charge is 2.42. The van der Waals surface area contributed by atoms with E-state index in [1.165, 1.54) is 29.7 Å². The third-order valence-corrected chi connectivity index (χ3v) is 11.8. The minimum Gasteiger partial charge on any atom is -0.390 e. The lowest BCUT2D eigenvalue weighted by atomic mass is 9.74. The molecule has 1 aromatic heterocycles. The quantitative estimate of drug-likeness (QED) is 0.101. The summed E-state index contributed by atoms with van der Waals surface area (Å²) in [6, 6.07) is 42.0. The number of nitrogens with one attached hydrogen (secondary N) is 2. The molecule has 0 bridgehead atoms. The Bertz CT molecular complexity index is 2080. The van der Waals surface area contributed by atoms with Crippen molar-refractivity contribution in [1.29, 1.82) is 0 Å². The second-order valence-corrected chi connectivity index (χ2v) is 16.8. The van der Waals surface area contributed by atoms with Crippen molar-refractivity contribution in [2.75, 3.05) is 11.9 Å². The van der Waals surface area contributed by atoms with Gasteiger partial charge in [-0.05, 0) is 86.1 Å². The first kappa shape index (κ1) is 39.5. The molecule has 1 fully saturated rings. The summed E-state index contributed by atoms with van der Waals surface area (Å²) in [4.78, 5) is 1.71. The number of hydrogen-bond acceptors (Lipinski definition) is 5. The van der Waals surface area contributed by atoms with E-state index in [4.69, 9.17) is 10.2 Å². The molecule has 0 amide bonds. The Morgan fingerprint density at radius 1 is 0.714 bits per heavy atom. The van der Waals surface area contributed by atoms with Gasteiger partial charge in [0.05, 0.1) is 12.1 Å². The molecule has 1 saturated carbocycles. The number of halogens is 3. The van der Waals surface area contributed by atoms with Crippen molar-refractivity contribution in [3.8, 4) is 0 Å². The molecule has 0 aliphatic heterocycles. The number of aromatic nitrogens is 3. The number of aliphatic hydroxyl groups excluding tert-OH is 1. The predicted octanol–water partition coefficient (Wildman–Crippen LogP) is 10.3. The average molecular weight is 819 g/mol. The van der Waals surface area contributed by atoms with Crippen LogP contribution < -0.4 is 10.6 Å². The Hall–Kier alpha value is -4.70. The van der Waals surface area contributed by atoms with Gasteiger partial charge in [0.15, 0.2) is 16.0 Å². The summed E-state index contributed by atoms with van der Waals surface area (Å²) in [6.07, 6.45) is 4.36. The van der Waals surface area contributed by atoms with E-state index in [0.29, 0.717) is 16.0 Å². The highest BCUT2D eigenvalue weighted by Crippen LogP contribution is 2.42. The van der Waals surface area contributed by atoms with Crippen LogP contribution in [0.2, 0.25) is 0 Å². The molecule has 290 valence electrons. The zero-order valence-electron chi connectivity index (χ0n) is 32.2. The highest BCUT2D eigenvalue weighted by atomic mass is 79.9. The van der Waals surface area contributed by atoms with Gasteiger partial charge in [0.25, 0.3) is 0 Å². The Balaban J connectivity index is 1.27. The van der Waals surface area contributed by atoms with Crippen LogP contribution in [0.25, 0.3) is 0 Å². The molecule has 5 aromatic carbocycles. The maximum absolute atomic E-state index is 14.6. The third-order valence-electron chi connectivity index (χ3n) is 11.2. The second-order valence-electron chi connectivity index (χ2n) is 16.1. The summed E-state index contributed by atoms with van der Waals surface area (Å²) in [5.41, 5.74) is 4.47. The van der Waals surface area contributed by atoms with Crippen LogP contribution in [-0.4, -0.2) is 38.8 Å². The van der Waals surface area contributed by atoms with Crippen LogP contribution in [0.3, 0.4) is 0 Å². The van der Waals surface area contributed by atoms with Crippen molar-refractivity contribution in [2.45, 2.75) is 87.9 Å². The molecule has 6 aromatic rings. The normalized spacial score (nSPS) is 15.6. The van der Waals surface area contributed by atoms with E-state index in [0.717, 1.165) is 48.4 Å². The minimum atomic E-state index is -0.981. The van der Waals surface area contributed by atoms with E-state index in [1.807, 2.05) is 54.6 Å². The number of nitrogens with zero attached hydrogens (tertiary/aromatic N) is 3. The summed E-state index contributed by atoms with van der Waals surface area (Å²) in [5.74, 6) is -0.947. The topological polar surface area (TPSA) is 75.0 Å². The Morgan fingerprint density at radius 2 is 1.25 bits per heavy atom. The lowest BCUT2D eigenvalue weighted by Gasteiger charge is -2.41. The first-order valence-electron chi connectivity index (χ1n) is 19.5. The van der Waals surface area contributed by atoms with Crippen molar-refractivity contribution in [3.63, 3.8) is 0 Å². The molecule has 0 radical (unpaired) electrons. The molecule has 1 aliphatic rings. The van der Waals surface area contributed by atoms with Gasteiger partial charge in [-0.2, -0.15) is 4.80 Å². The molecule has 9 heteroatoms. The summed E-state index contributed by atoms with van der Waals surface area (Å²) < 4.78 is 29.6. The van der Waals surface area contributed by atoms with Gasteiger partial charge in [0.2, 0.25) is 0 Å². The maximum atomic E-state index is 14.6. The van der Waals surface area contributed by atoms with Gasteiger partial charge in [0.1, 0.15) is 11.6 Å². The second kappa shape index (κ2) is 16.8. The first-order chi connectivity index (χ1) is 27.0. The number of benzene rings is 5. The van der Waals surface area contributed by atoms with Gasteiger partial charge in [-0.1, -0.05) is 155 Å². The van der Waals surface area contributed by atoms with E-state index >= 15 is 0 Å². The minimum absolute atomic E-state index is 0.00935. The third kappa shape index (κ3) is 8.36. The largest absolute Gasteiger partial charge is 0.390 e.